The second-order valence-electron chi connectivity index (χ2n) is 6.53. The van der Waals surface area contributed by atoms with Crippen molar-refractivity contribution in [3.8, 4) is 0 Å². The molecule has 0 spiro atoms. The van der Waals surface area contributed by atoms with Crippen LogP contribution in [0, 0.1) is 5.41 Å². The molecule has 0 unspecified atom stereocenters. The number of nitrogens with zero attached hydrogens (tertiary/aromatic N) is 2. The van der Waals surface area contributed by atoms with Gasteiger partial charge in [0.05, 0.1) is 5.69 Å². The summed E-state index contributed by atoms with van der Waals surface area (Å²) in [6, 6.07) is 2.62. The van der Waals surface area contributed by atoms with Crippen LogP contribution in [-0.2, 0) is 6.42 Å². The van der Waals surface area contributed by atoms with Crippen molar-refractivity contribution in [2.75, 3.05) is 6.54 Å². The Kier molecular flexibility index (Phi) is 5.03. The van der Waals surface area contributed by atoms with Crippen LogP contribution in [0.3, 0.4) is 0 Å². The van der Waals surface area contributed by atoms with E-state index in [4.69, 9.17) is 10.8 Å². The lowest BCUT2D eigenvalue weighted by Gasteiger charge is -2.33. The van der Waals surface area contributed by atoms with E-state index in [-0.39, 0.29) is 0 Å². The van der Waals surface area contributed by atoms with Crippen LogP contribution in [0.5, 0.6) is 0 Å². The van der Waals surface area contributed by atoms with Crippen molar-refractivity contribution in [2.45, 2.75) is 71.3 Å². The number of hydrogen-bond acceptors (Lipinski definition) is 2. The summed E-state index contributed by atoms with van der Waals surface area (Å²) in [6.45, 7) is 5.15. The average molecular weight is 263 g/mol. The fourth-order valence-electron chi connectivity index (χ4n) is 3.25. The third kappa shape index (κ3) is 3.82. The lowest BCUT2D eigenvalue weighted by molar-refractivity contribution is 0.214. The fourth-order valence-corrected chi connectivity index (χ4v) is 3.25. The van der Waals surface area contributed by atoms with Gasteiger partial charge in [-0.1, -0.05) is 32.1 Å². The van der Waals surface area contributed by atoms with Gasteiger partial charge in [0.2, 0.25) is 0 Å². The summed E-state index contributed by atoms with van der Waals surface area (Å²) in [6.07, 6.45) is 12.5. The van der Waals surface area contributed by atoms with Gasteiger partial charge < -0.3 is 5.73 Å². The molecule has 0 aromatic carbocycles. The third-order valence-corrected chi connectivity index (χ3v) is 4.60. The molecule has 3 heteroatoms. The number of nitrogens with two attached hydrogens (primary N) is 1. The summed E-state index contributed by atoms with van der Waals surface area (Å²) in [5.74, 6) is 0. The van der Waals surface area contributed by atoms with Gasteiger partial charge in [-0.15, -0.1) is 0 Å². The first-order valence-electron chi connectivity index (χ1n) is 7.89. The van der Waals surface area contributed by atoms with Crippen molar-refractivity contribution in [3.05, 3.63) is 18.0 Å². The van der Waals surface area contributed by atoms with Crippen LogP contribution in [0.4, 0.5) is 0 Å². The van der Waals surface area contributed by atoms with Crippen LogP contribution in [0.1, 0.15) is 70.5 Å². The van der Waals surface area contributed by atoms with Crippen molar-refractivity contribution < 1.29 is 0 Å². The summed E-state index contributed by atoms with van der Waals surface area (Å²) in [5.41, 5.74) is 7.66. The standard InChI is InChI=1S/C16H29N3/c1-14(2)19-11-8-15(18-19)12-16(13-17)9-6-4-3-5-7-10-16/h8,11,14H,3-7,9-10,12-13,17H2,1-2H3. The first-order valence-corrected chi connectivity index (χ1v) is 7.89. The van der Waals surface area contributed by atoms with Gasteiger partial charge in [-0.25, -0.2) is 0 Å². The van der Waals surface area contributed by atoms with E-state index in [9.17, 15) is 0 Å². The van der Waals surface area contributed by atoms with E-state index in [0.717, 1.165) is 13.0 Å². The van der Waals surface area contributed by atoms with Crippen LogP contribution in [0.2, 0.25) is 0 Å². The maximum atomic E-state index is 6.14. The molecule has 0 atom stereocenters. The highest BCUT2D eigenvalue weighted by molar-refractivity contribution is 5.04. The van der Waals surface area contributed by atoms with E-state index in [0.29, 0.717) is 11.5 Å². The molecular formula is C16H29N3. The third-order valence-electron chi connectivity index (χ3n) is 4.60. The summed E-state index contributed by atoms with van der Waals surface area (Å²) in [4.78, 5) is 0. The number of rotatable bonds is 4. The Labute approximate surface area is 117 Å². The van der Waals surface area contributed by atoms with Crippen molar-refractivity contribution in [3.63, 3.8) is 0 Å². The Bertz CT molecular complexity index is 373. The zero-order valence-corrected chi connectivity index (χ0v) is 12.6. The van der Waals surface area contributed by atoms with Crippen molar-refractivity contribution in [2.24, 2.45) is 11.1 Å². The number of hydrogen-bond donors (Lipinski definition) is 1. The zero-order chi connectivity index (χ0) is 13.7. The molecule has 108 valence electrons. The van der Waals surface area contributed by atoms with E-state index in [2.05, 4.69) is 30.8 Å². The highest BCUT2D eigenvalue weighted by Crippen LogP contribution is 2.36. The molecule has 3 nitrogen and oxygen atoms in total. The van der Waals surface area contributed by atoms with Gasteiger partial charge in [-0.2, -0.15) is 5.10 Å². The predicted molar refractivity (Wildman–Crippen MR) is 80.1 cm³/mol. The lowest BCUT2D eigenvalue weighted by Crippen LogP contribution is -2.33. The molecule has 1 saturated carbocycles. The highest BCUT2D eigenvalue weighted by atomic mass is 15.3. The molecule has 2 rings (SSSR count). The molecular weight excluding hydrogens is 234 g/mol. The molecule has 0 amide bonds. The van der Waals surface area contributed by atoms with E-state index in [1.54, 1.807) is 0 Å². The topological polar surface area (TPSA) is 43.8 Å². The lowest BCUT2D eigenvalue weighted by atomic mass is 9.73. The minimum Gasteiger partial charge on any atom is -0.330 e. The number of aromatic nitrogens is 2. The van der Waals surface area contributed by atoms with Crippen LogP contribution in [0.25, 0.3) is 0 Å². The van der Waals surface area contributed by atoms with E-state index < -0.39 is 0 Å². The summed E-state index contributed by atoms with van der Waals surface area (Å²) in [7, 11) is 0. The maximum absolute atomic E-state index is 6.14. The van der Waals surface area contributed by atoms with Crippen molar-refractivity contribution >= 4 is 0 Å². The van der Waals surface area contributed by atoms with Crippen LogP contribution in [-0.4, -0.2) is 16.3 Å². The Morgan fingerprint density at radius 3 is 2.37 bits per heavy atom. The quantitative estimate of drug-likeness (QED) is 0.900. The predicted octanol–water partition coefficient (Wildman–Crippen LogP) is 3.70. The molecule has 0 radical (unpaired) electrons. The summed E-state index contributed by atoms with van der Waals surface area (Å²) < 4.78 is 2.06. The van der Waals surface area contributed by atoms with E-state index in [1.807, 2.05) is 0 Å². The highest BCUT2D eigenvalue weighted by Gasteiger charge is 2.29. The van der Waals surface area contributed by atoms with Crippen molar-refractivity contribution in [1.82, 2.24) is 9.78 Å². The first-order chi connectivity index (χ1) is 9.15. The van der Waals surface area contributed by atoms with Gasteiger partial charge >= 0.3 is 0 Å². The molecule has 0 saturated heterocycles. The Balaban J connectivity index is 2.06. The summed E-state index contributed by atoms with van der Waals surface area (Å²) in [5, 5.41) is 4.71. The van der Waals surface area contributed by atoms with Crippen molar-refractivity contribution in [1.29, 1.82) is 0 Å². The second-order valence-corrected chi connectivity index (χ2v) is 6.53. The molecule has 0 aliphatic heterocycles. The van der Waals surface area contributed by atoms with Gasteiger partial charge in [-0.3, -0.25) is 4.68 Å². The molecule has 2 N–H and O–H groups in total. The molecule has 1 fully saturated rings. The Morgan fingerprint density at radius 2 is 1.84 bits per heavy atom. The first kappa shape index (κ1) is 14.6. The van der Waals surface area contributed by atoms with Crippen LogP contribution in [0.15, 0.2) is 12.3 Å². The van der Waals surface area contributed by atoms with Gasteiger partial charge in [0.15, 0.2) is 0 Å². The van der Waals surface area contributed by atoms with E-state index >= 15 is 0 Å². The smallest absolute Gasteiger partial charge is 0.0630 e. The average Bonchev–Trinajstić information content (AvgIpc) is 2.81. The Morgan fingerprint density at radius 1 is 1.21 bits per heavy atom. The second kappa shape index (κ2) is 6.56. The fraction of sp³-hybridized carbons (Fsp3) is 0.812. The normalized spacial score (nSPS) is 20.2. The molecule has 1 aromatic heterocycles. The molecule has 1 aliphatic rings. The zero-order valence-electron chi connectivity index (χ0n) is 12.6. The molecule has 19 heavy (non-hydrogen) atoms. The SMILES string of the molecule is CC(C)n1ccc(CC2(CN)CCCCCCC2)n1. The minimum atomic E-state index is 0.302. The van der Waals surface area contributed by atoms with Crippen LogP contribution >= 0.6 is 0 Å². The molecule has 1 aliphatic carbocycles. The van der Waals surface area contributed by atoms with Gasteiger partial charge in [-0.05, 0) is 51.1 Å². The molecule has 0 bridgehead atoms. The van der Waals surface area contributed by atoms with E-state index in [1.165, 1.54) is 50.6 Å². The molecule has 1 heterocycles. The molecule has 1 aromatic rings. The largest absolute Gasteiger partial charge is 0.330 e. The van der Waals surface area contributed by atoms with Gasteiger partial charge in [0.1, 0.15) is 0 Å². The monoisotopic (exact) mass is 263 g/mol. The van der Waals surface area contributed by atoms with Crippen LogP contribution < -0.4 is 5.73 Å². The summed E-state index contributed by atoms with van der Waals surface area (Å²) >= 11 is 0. The Hall–Kier alpha value is -0.830. The maximum Gasteiger partial charge on any atom is 0.0630 e. The van der Waals surface area contributed by atoms with Gasteiger partial charge in [0, 0.05) is 12.2 Å². The minimum absolute atomic E-state index is 0.302. The van der Waals surface area contributed by atoms with Gasteiger partial charge in [0.25, 0.3) is 0 Å².